The van der Waals surface area contributed by atoms with Crippen molar-refractivity contribution in [2.24, 2.45) is 0 Å². The molecule has 2 aliphatic heterocycles. The van der Waals surface area contributed by atoms with Crippen LogP contribution in [0.25, 0.3) is 0 Å². The van der Waals surface area contributed by atoms with Crippen LogP contribution < -0.4 is 0 Å². The van der Waals surface area contributed by atoms with Crippen LogP contribution in [0.15, 0.2) is 30.3 Å². The first kappa shape index (κ1) is 16.4. The van der Waals surface area contributed by atoms with Gasteiger partial charge in [-0.3, -0.25) is 0 Å². The Kier molecular flexibility index (Phi) is 4.39. The normalized spacial score (nSPS) is 33.2. The Labute approximate surface area is 133 Å². The van der Waals surface area contributed by atoms with Crippen LogP contribution in [0, 0.1) is 0 Å². The van der Waals surface area contributed by atoms with Gasteiger partial charge in [0.25, 0.3) is 0 Å². The summed E-state index contributed by atoms with van der Waals surface area (Å²) >= 11 is 0. The first-order valence-corrected chi connectivity index (χ1v) is 7.47. The molecular weight excluding hydrogens is 304 g/mol. The Morgan fingerprint density at radius 1 is 1.30 bits per heavy atom. The zero-order valence-electron chi connectivity index (χ0n) is 12.9. The number of carbonyl (C=O) groups excluding carboxylic acids is 1. The van der Waals surface area contributed by atoms with Crippen LogP contribution in [0.4, 0.5) is 0 Å². The number of aliphatic hydroxyl groups excluding tert-OH is 2. The van der Waals surface area contributed by atoms with Crippen molar-refractivity contribution in [1.82, 2.24) is 0 Å². The topological polar surface area (TPSA) is 94.5 Å². The van der Waals surface area contributed by atoms with Crippen LogP contribution in [-0.4, -0.2) is 59.3 Å². The lowest BCUT2D eigenvalue weighted by atomic mass is 10.1. The molecule has 0 unspecified atom stereocenters. The van der Waals surface area contributed by atoms with E-state index in [1.54, 1.807) is 44.2 Å². The van der Waals surface area contributed by atoms with Crippen molar-refractivity contribution in [3.8, 4) is 0 Å². The second kappa shape index (κ2) is 6.18. The summed E-state index contributed by atoms with van der Waals surface area (Å²) in [4.78, 5) is 11.8. The number of fused-ring (bicyclic) bond motifs is 1. The van der Waals surface area contributed by atoms with Crippen molar-refractivity contribution >= 4 is 5.97 Å². The van der Waals surface area contributed by atoms with E-state index in [1.807, 2.05) is 0 Å². The number of carbonyl (C=O) groups is 1. The van der Waals surface area contributed by atoms with E-state index in [1.165, 1.54) is 0 Å². The van der Waals surface area contributed by atoms with Gasteiger partial charge in [-0.25, -0.2) is 4.79 Å². The second-order valence-electron chi connectivity index (χ2n) is 6.09. The van der Waals surface area contributed by atoms with Gasteiger partial charge in [-0.15, -0.1) is 0 Å². The summed E-state index contributed by atoms with van der Waals surface area (Å²) in [5, 5.41) is 20.3. The van der Waals surface area contributed by atoms with Gasteiger partial charge in [0.2, 0.25) is 0 Å². The molecule has 7 nitrogen and oxygen atoms in total. The minimum absolute atomic E-state index is 0.293. The van der Waals surface area contributed by atoms with Gasteiger partial charge in [0.05, 0.1) is 5.56 Å². The summed E-state index contributed by atoms with van der Waals surface area (Å²) in [6.07, 6.45) is -4.60. The largest absolute Gasteiger partial charge is 0.459 e. The van der Waals surface area contributed by atoms with E-state index in [0.717, 1.165) is 0 Å². The molecule has 0 radical (unpaired) electrons. The maximum Gasteiger partial charge on any atom is 0.338 e. The van der Waals surface area contributed by atoms with Crippen LogP contribution in [0.5, 0.6) is 0 Å². The molecule has 5 atom stereocenters. The van der Waals surface area contributed by atoms with E-state index in [9.17, 15) is 15.0 Å². The minimum Gasteiger partial charge on any atom is -0.459 e. The highest BCUT2D eigenvalue weighted by Gasteiger charge is 2.56. The van der Waals surface area contributed by atoms with Gasteiger partial charge >= 0.3 is 5.97 Å². The Morgan fingerprint density at radius 3 is 2.65 bits per heavy atom. The molecule has 1 aromatic carbocycles. The van der Waals surface area contributed by atoms with Gasteiger partial charge in [0.1, 0.15) is 31.0 Å². The standard InChI is InChI=1S/C16H20O7/c1-16(2)22-13-11(18)12(21-15(13)23-16)10(17)8-20-14(19)9-6-4-3-5-7-9/h3-7,10-13,15,17-18H,8H2,1-2H3/t10-,11-,12+,13-,15-/m1/s1. The molecule has 3 rings (SSSR count). The number of ether oxygens (including phenoxy) is 4. The van der Waals surface area contributed by atoms with E-state index in [-0.39, 0.29) is 6.61 Å². The third-order valence-corrected chi connectivity index (χ3v) is 3.83. The minimum atomic E-state index is -1.18. The fraction of sp³-hybridized carbons (Fsp3) is 0.562. The third-order valence-electron chi connectivity index (χ3n) is 3.83. The summed E-state index contributed by atoms with van der Waals surface area (Å²) in [5.74, 6) is -1.39. The molecule has 0 aliphatic carbocycles. The average Bonchev–Trinajstić information content (AvgIpc) is 2.99. The Hall–Kier alpha value is -1.51. The van der Waals surface area contributed by atoms with E-state index in [0.29, 0.717) is 5.56 Å². The van der Waals surface area contributed by atoms with Crippen LogP contribution in [0.2, 0.25) is 0 Å². The molecule has 0 saturated carbocycles. The lowest BCUT2D eigenvalue weighted by Gasteiger charge is -2.25. The smallest absolute Gasteiger partial charge is 0.338 e. The third kappa shape index (κ3) is 3.39. The molecule has 2 N–H and O–H groups in total. The highest BCUT2D eigenvalue weighted by atomic mass is 16.8. The molecule has 126 valence electrons. The molecule has 23 heavy (non-hydrogen) atoms. The van der Waals surface area contributed by atoms with Gasteiger partial charge in [-0.05, 0) is 26.0 Å². The second-order valence-corrected chi connectivity index (χ2v) is 6.09. The molecule has 0 aromatic heterocycles. The summed E-state index contributed by atoms with van der Waals surface area (Å²) < 4.78 is 21.6. The lowest BCUT2D eigenvalue weighted by Crippen LogP contribution is -2.43. The van der Waals surface area contributed by atoms with Crippen molar-refractivity contribution < 1.29 is 34.0 Å². The Morgan fingerprint density at radius 2 is 2.00 bits per heavy atom. The highest BCUT2D eigenvalue weighted by molar-refractivity contribution is 5.89. The summed E-state index contributed by atoms with van der Waals surface area (Å²) in [7, 11) is 0. The summed E-state index contributed by atoms with van der Waals surface area (Å²) in [5.41, 5.74) is 0.387. The molecule has 0 bridgehead atoms. The van der Waals surface area contributed by atoms with E-state index in [4.69, 9.17) is 18.9 Å². The number of hydrogen-bond donors (Lipinski definition) is 2. The fourth-order valence-corrected chi connectivity index (χ4v) is 2.75. The molecule has 1 aromatic rings. The molecule has 2 aliphatic rings. The van der Waals surface area contributed by atoms with E-state index >= 15 is 0 Å². The molecule has 2 saturated heterocycles. The van der Waals surface area contributed by atoms with Crippen molar-refractivity contribution in [3.63, 3.8) is 0 Å². The number of aliphatic hydroxyl groups is 2. The lowest BCUT2D eigenvalue weighted by molar-refractivity contribution is -0.227. The SMILES string of the molecule is CC1(C)O[C@H]2O[C@@H]([C@H](O)COC(=O)c3ccccc3)[C@@H](O)[C@H]2O1. The van der Waals surface area contributed by atoms with Crippen LogP contribution in [0.3, 0.4) is 0 Å². The molecule has 0 spiro atoms. The van der Waals surface area contributed by atoms with Crippen LogP contribution >= 0.6 is 0 Å². The zero-order chi connectivity index (χ0) is 16.6. The number of benzene rings is 1. The van der Waals surface area contributed by atoms with Gasteiger partial charge in [-0.1, -0.05) is 18.2 Å². The molecule has 2 heterocycles. The highest BCUT2D eigenvalue weighted by Crippen LogP contribution is 2.38. The van der Waals surface area contributed by atoms with Gasteiger partial charge in [-0.2, -0.15) is 0 Å². The van der Waals surface area contributed by atoms with Gasteiger partial charge in [0.15, 0.2) is 12.1 Å². The quantitative estimate of drug-likeness (QED) is 0.776. The Balaban J connectivity index is 1.54. The van der Waals surface area contributed by atoms with Gasteiger partial charge < -0.3 is 29.2 Å². The van der Waals surface area contributed by atoms with Crippen molar-refractivity contribution in [3.05, 3.63) is 35.9 Å². The van der Waals surface area contributed by atoms with Crippen molar-refractivity contribution in [2.75, 3.05) is 6.61 Å². The van der Waals surface area contributed by atoms with E-state index < -0.39 is 42.5 Å². The molecule has 0 amide bonds. The maximum atomic E-state index is 11.8. The fourth-order valence-electron chi connectivity index (χ4n) is 2.75. The molecular formula is C16H20O7. The van der Waals surface area contributed by atoms with Crippen molar-refractivity contribution in [2.45, 2.75) is 50.3 Å². The number of hydrogen-bond acceptors (Lipinski definition) is 7. The average molecular weight is 324 g/mol. The number of rotatable bonds is 4. The maximum absolute atomic E-state index is 11.8. The van der Waals surface area contributed by atoms with Crippen LogP contribution in [-0.2, 0) is 18.9 Å². The Bertz CT molecular complexity index is 559. The zero-order valence-corrected chi connectivity index (χ0v) is 12.9. The van der Waals surface area contributed by atoms with Crippen LogP contribution in [0.1, 0.15) is 24.2 Å². The monoisotopic (exact) mass is 324 g/mol. The van der Waals surface area contributed by atoms with E-state index in [2.05, 4.69) is 0 Å². The van der Waals surface area contributed by atoms with Gasteiger partial charge in [0, 0.05) is 0 Å². The summed E-state index contributed by atoms with van der Waals surface area (Å²) in [6, 6.07) is 8.45. The number of esters is 1. The first-order chi connectivity index (χ1) is 10.9. The first-order valence-electron chi connectivity index (χ1n) is 7.47. The summed E-state index contributed by atoms with van der Waals surface area (Å²) in [6.45, 7) is 3.14. The predicted molar refractivity (Wildman–Crippen MR) is 77.4 cm³/mol. The predicted octanol–water partition coefficient (Wildman–Crippen LogP) is 0.442. The molecule has 2 fully saturated rings. The van der Waals surface area contributed by atoms with Crippen molar-refractivity contribution in [1.29, 1.82) is 0 Å². The molecule has 7 heteroatoms.